The topological polar surface area (TPSA) is 0 Å². The van der Waals surface area contributed by atoms with Crippen molar-refractivity contribution in [2.75, 3.05) is 55.5 Å². The highest BCUT2D eigenvalue weighted by Crippen LogP contribution is 2.48. The Morgan fingerprint density at radius 3 is 0.595 bits per heavy atom. The zero-order valence-corrected chi connectivity index (χ0v) is 29.5. The van der Waals surface area contributed by atoms with Crippen molar-refractivity contribution in [2.45, 2.75) is 163 Å². The summed E-state index contributed by atoms with van der Waals surface area (Å²) in [4.78, 5) is 0. The Hall–Kier alpha value is 1.29. The first-order valence-electron chi connectivity index (χ1n) is 17.4. The highest BCUT2D eigenvalue weighted by Gasteiger charge is 2.16. The number of unbranched alkanes of at least 4 members (excludes halogenated alkanes) is 15. The van der Waals surface area contributed by atoms with Crippen LogP contribution in [0.25, 0.3) is 0 Å². The lowest BCUT2D eigenvalue weighted by molar-refractivity contribution is 0.695. The maximum atomic E-state index is 2.37. The fourth-order valence-corrected chi connectivity index (χ4v) is 15.3. The zero-order valence-electron chi connectivity index (χ0n) is 26.8. The third-order valence-electron chi connectivity index (χ3n) is 8.10. The van der Waals surface area contributed by atoms with Crippen LogP contribution in [0.2, 0.25) is 0 Å². The zero-order chi connectivity index (χ0) is 27.2. The lowest BCUT2D eigenvalue weighted by atomic mass is 10.2. The van der Waals surface area contributed by atoms with Crippen LogP contribution in [0, 0.1) is 0 Å². The Kier molecular flexibility index (Phi) is 32.9. The van der Waals surface area contributed by atoms with Crippen LogP contribution >= 0.6 is 23.8 Å². The predicted octanol–water partition coefficient (Wildman–Crippen LogP) is 13.3. The summed E-state index contributed by atoms with van der Waals surface area (Å²) in [6.45, 7) is 11.8. The monoisotopic (exact) mass is 574 g/mol. The summed E-state index contributed by atoms with van der Waals surface area (Å²) in [6, 6.07) is 0. The van der Waals surface area contributed by atoms with Gasteiger partial charge in [0, 0.05) is 0 Å². The molecule has 0 aromatic carbocycles. The average Bonchev–Trinajstić information content (AvgIpc) is 2.91. The van der Waals surface area contributed by atoms with Crippen molar-refractivity contribution < 1.29 is 0 Å². The Morgan fingerprint density at radius 2 is 0.405 bits per heavy atom. The summed E-state index contributed by atoms with van der Waals surface area (Å²) in [5.74, 6) is 0. The molecule has 0 N–H and O–H groups in total. The molecule has 0 aromatic heterocycles. The highest BCUT2D eigenvalue weighted by atomic mass is 31.1. The van der Waals surface area contributed by atoms with Crippen molar-refractivity contribution in [1.29, 1.82) is 0 Å². The Bertz CT molecular complexity index is 358. The minimum Gasteiger partial charge on any atom is -0.106 e. The average molecular weight is 575 g/mol. The predicted molar refractivity (Wildman–Crippen MR) is 185 cm³/mol. The van der Waals surface area contributed by atoms with E-state index in [1.165, 1.54) is 128 Å². The second-order valence-electron chi connectivity index (χ2n) is 11.8. The van der Waals surface area contributed by atoms with E-state index in [2.05, 4.69) is 34.6 Å². The molecule has 0 spiro atoms. The third-order valence-corrected chi connectivity index (χ3v) is 17.0. The molecule has 0 aliphatic carbocycles. The van der Waals surface area contributed by atoms with Crippen molar-refractivity contribution >= 4 is 23.8 Å². The summed E-state index contributed by atoms with van der Waals surface area (Å²) >= 11 is 0. The van der Waals surface area contributed by atoms with Gasteiger partial charge in [-0.3, -0.25) is 0 Å². The molecule has 0 bridgehead atoms. The van der Waals surface area contributed by atoms with E-state index in [4.69, 9.17) is 0 Å². The minimum absolute atomic E-state index is 0.303. The lowest BCUT2D eigenvalue weighted by Crippen LogP contribution is -2.06. The van der Waals surface area contributed by atoms with Gasteiger partial charge in [0.2, 0.25) is 0 Å². The van der Waals surface area contributed by atoms with Gasteiger partial charge in [0.25, 0.3) is 0 Å². The largest absolute Gasteiger partial charge is 0.106 e. The fourth-order valence-electron chi connectivity index (χ4n) is 5.38. The normalized spacial score (nSPS) is 12.0. The first-order valence-corrected chi connectivity index (χ1v) is 23.1. The van der Waals surface area contributed by atoms with E-state index in [0.717, 1.165) is 0 Å². The van der Waals surface area contributed by atoms with E-state index in [0.29, 0.717) is 23.8 Å². The van der Waals surface area contributed by atoms with Crippen LogP contribution in [0.4, 0.5) is 0 Å². The molecule has 0 radical (unpaired) electrons. The summed E-state index contributed by atoms with van der Waals surface area (Å²) in [5.41, 5.74) is 0. The van der Waals surface area contributed by atoms with Crippen LogP contribution in [0.1, 0.15) is 163 Å². The molecule has 0 saturated heterocycles. The van der Waals surface area contributed by atoms with Gasteiger partial charge in [-0.05, 0) is 87.6 Å². The van der Waals surface area contributed by atoms with Crippen LogP contribution < -0.4 is 0 Å². The molecule has 0 aromatic rings. The first-order chi connectivity index (χ1) is 18.2. The van der Waals surface area contributed by atoms with Gasteiger partial charge in [0.05, 0.1) is 0 Å². The van der Waals surface area contributed by atoms with Crippen LogP contribution in [-0.2, 0) is 0 Å². The molecule has 0 saturated carbocycles. The maximum Gasteiger partial charge on any atom is -0.0286 e. The smallest absolute Gasteiger partial charge is 0.0286 e. The van der Waals surface area contributed by atoms with Crippen LogP contribution in [0.15, 0.2) is 0 Å². The van der Waals surface area contributed by atoms with Gasteiger partial charge < -0.3 is 0 Å². The molecular weight excluding hydrogens is 501 g/mol. The standard InChI is InChI=1S/C34H73P3/c1-6-11-16-21-26-35(27-22-17-12-7-2)31-33-37(30-25-20-15-10-5)34-32-36(28-23-18-13-8-3)29-24-19-14-9-4/h6-34H2,1-5H3. The van der Waals surface area contributed by atoms with Crippen LogP contribution in [0.5, 0.6) is 0 Å². The molecule has 0 heterocycles. The van der Waals surface area contributed by atoms with Crippen molar-refractivity contribution in [1.82, 2.24) is 0 Å². The van der Waals surface area contributed by atoms with E-state index in [1.807, 2.05) is 0 Å². The Labute approximate surface area is 241 Å². The summed E-state index contributed by atoms with van der Waals surface area (Å²) in [6.07, 6.45) is 44.0. The van der Waals surface area contributed by atoms with Crippen LogP contribution in [-0.4, -0.2) is 55.5 Å². The molecule has 0 aliphatic heterocycles. The van der Waals surface area contributed by atoms with Gasteiger partial charge in [-0.2, -0.15) is 0 Å². The number of hydrogen-bond acceptors (Lipinski definition) is 0. The van der Waals surface area contributed by atoms with Gasteiger partial charge in [-0.25, -0.2) is 0 Å². The van der Waals surface area contributed by atoms with Crippen molar-refractivity contribution in [3.63, 3.8) is 0 Å². The maximum absolute atomic E-state index is 2.37. The molecule has 0 nitrogen and oxygen atoms in total. The molecule has 0 fully saturated rings. The Morgan fingerprint density at radius 1 is 0.216 bits per heavy atom. The SMILES string of the molecule is CCCCCCP(CCCCCC)CCP(CCCCCC)CCP(CCCCCC)CCCCCC. The van der Waals surface area contributed by atoms with E-state index >= 15 is 0 Å². The first kappa shape index (κ1) is 38.3. The molecule has 0 amide bonds. The van der Waals surface area contributed by atoms with Gasteiger partial charge >= 0.3 is 0 Å². The van der Waals surface area contributed by atoms with E-state index in [9.17, 15) is 0 Å². The fraction of sp³-hybridized carbons (Fsp3) is 1.00. The summed E-state index contributed by atoms with van der Waals surface area (Å²) < 4.78 is 0. The number of hydrogen-bond donors (Lipinski definition) is 0. The van der Waals surface area contributed by atoms with Gasteiger partial charge in [-0.1, -0.05) is 131 Å². The second-order valence-corrected chi connectivity index (χ2v) is 19.9. The Balaban J connectivity index is 4.87. The molecule has 0 aliphatic rings. The molecular formula is C34H73P3. The molecule has 37 heavy (non-hydrogen) atoms. The molecule has 0 unspecified atom stereocenters. The minimum atomic E-state index is 0.303. The van der Waals surface area contributed by atoms with Crippen molar-refractivity contribution in [3.8, 4) is 0 Å². The van der Waals surface area contributed by atoms with Gasteiger partial charge in [0.15, 0.2) is 0 Å². The number of rotatable bonds is 31. The van der Waals surface area contributed by atoms with Gasteiger partial charge in [-0.15, -0.1) is 23.8 Å². The quantitative estimate of drug-likeness (QED) is 0.0570. The van der Waals surface area contributed by atoms with Crippen LogP contribution in [0.3, 0.4) is 0 Å². The third kappa shape index (κ3) is 27.2. The lowest BCUT2D eigenvalue weighted by Gasteiger charge is -2.25. The molecule has 0 atom stereocenters. The van der Waals surface area contributed by atoms with Crippen molar-refractivity contribution in [3.05, 3.63) is 0 Å². The molecule has 224 valence electrons. The van der Waals surface area contributed by atoms with E-state index < -0.39 is 0 Å². The van der Waals surface area contributed by atoms with Crippen molar-refractivity contribution in [2.24, 2.45) is 0 Å². The van der Waals surface area contributed by atoms with E-state index in [1.54, 1.807) is 55.5 Å². The molecule has 3 heteroatoms. The summed E-state index contributed by atoms with van der Waals surface area (Å²) in [5, 5.41) is 0. The summed E-state index contributed by atoms with van der Waals surface area (Å²) in [7, 11) is 0.943. The highest BCUT2D eigenvalue weighted by molar-refractivity contribution is 7.63. The van der Waals surface area contributed by atoms with E-state index in [-0.39, 0.29) is 0 Å². The second kappa shape index (κ2) is 31.8. The van der Waals surface area contributed by atoms with Gasteiger partial charge in [0.1, 0.15) is 0 Å². The molecule has 0 rings (SSSR count).